The van der Waals surface area contributed by atoms with Crippen molar-refractivity contribution in [2.75, 3.05) is 13.2 Å². The van der Waals surface area contributed by atoms with Gasteiger partial charge in [-0.05, 0) is 96.3 Å². The Kier molecular flexibility index (Phi) is 56.8. The molecule has 0 spiro atoms. The first-order valence-corrected chi connectivity index (χ1v) is 30.2. The summed E-state index contributed by atoms with van der Waals surface area (Å²) in [5, 5.41) is 0. The Bertz CT molecular complexity index is 1430. The van der Waals surface area contributed by atoms with Gasteiger partial charge in [0, 0.05) is 19.3 Å². The standard InChI is InChI=1S/C66H112O6/c1-4-7-10-13-16-19-22-25-28-30-32-33-34-36-38-41-44-47-50-53-56-59-65(68)71-62-63(61-70-64(67)58-55-52-49-46-43-40-37-27-24-21-18-15-12-9-6-3)72-66(69)60-57-54-51-48-45-42-39-35-31-29-26-23-20-17-14-11-8-5-2/h7,9-10,12,16,18-19,21,25,27-28,32-33,36-38,63H,4-6,8,11,13-15,17,20,22-24,26,29-31,34-35,39-62H2,1-3H3/b10-7-,12-9-,19-16-,21-18-,28-25-,33-32-,37-27-,38-36-. The number of ether oxygens (including phenoxy) is 3. The molecule has 412 valence electrons. The van der Waals surface area contributed by atoms with Crippen molar-refractivity contribution in [3.8, 4) is 0 Å². The van der Waals surface area contributed by atoms with Crippen LogP contribution in [-0.2, 0) is 28.6 Å². The van der Waals surface area contributed by atoms with Gasteiger partial charge in [0.1, 0.15) is 13.2 Å². The van der Waals surface area contributed by atoms with E-state index in [9.17, 15) is 14.4 Å². The highest BCUT2D eigenvalue weighted by molar-refractivity contribution is 5.71. The van der Waals surface area contributed by atoms with Gasteiger partial charge >= 0.3 is 17.9 Å². The minimum atomic E-state index is -0.793. The maximum atomic E-state index is 12.9. The molecule has 72 heavy (non-hydrogen) atoms. The van der Waals surface area contributed by atoms with Crippen LogP contribution in [0.4, 0.5) is 0 Å². The van der Waals surface area contributed by atoms with Crippen molar-refractivity contribution in [2.24, 2.45) is 0 Å². The lowest BCUT2D eigenvalue weighted by atomic mass is 10.0. The molecule has 0 saturated heterocycles. The van der Waals surface area contributed by atoms with Crippen LogP contribution in [0.5, 0.6) is 0 Å². The van der Waals surface area contributed by atoms with Crippen molar-refractivity contribution >= 4 is 17.9 Å². The third kappa shape index (κ3) is 57.2. The topological polar surface area (TPSA) is 78.9 Å². The Labute approximate surface area is 445 Å². The zero-order chi connectivity index (χ0) is 52.2. The number of allylic oxidation sites excluding steroid dienone is 16. The van der Waals surface area contributed by atoms with E-state index in [4.69, 9.17) is 14.2 Å². The number of hydrogen-bond donors (Lipinski definition) is 0. The van der Waals surface area contributed by atoms with Gasteiger partial charge in [0.05, 0.1) is 0 Å². The Morgan fingerprint density at radius 3 is 0.847 bits per heavy atom. The van der Waals surface area contributed by atoms with Gasteiger partial charge in [0.15, 0.2) is 6.10 Å². The second-order valence-corrected chi connectivity index (χ2v) is 19.9. The summed E-state index contributed by atoms with van der Waals surface area (Å²) in [6, 6.07) is 0. The van der Waals surface area contributed by atoms with E-state index in [1.165, 1.54) is 96.3 Å². The molecule has 0 fully saturated rings. The van der Waals surface area contributed by atoms with Crippen molar-refractivity contribution < 1.29 is 28.6 Å². The Morgan fingerprint density at radius 2 is 0.542 bits per heavy atom. The van der Waals surface area contributed by atoms with Gasteiger partial charge in [-0.25, -0.2) is 0 Å². The minimum absolute atomic E-state index is 0.0914. The maximum Gasteiger partial charge on any atom is 0.306 e. The zero-order valence-electron chi connectivity index (χ0n) is 47.2. The summed E-state index contributed by atoms with van der Waals surface area (Å²) >= 11 is 0. The van der Waals surface area contributed by atoms with E-state index in [0.29, 0.717) is 19.3 Å². The third-order valence-electron chi connectivity index (χ3n) is 12.8. The molecule has 0 N–H and O–H groups in total. The molecule has 6 nitrogen and oxygen atoms in total. The summed E-state index contributed by atoms with van der Waals surface area (Å²) in [7, 11) is 0. The van der Waals surface area contributed by atoms with E-state index in [2.05, 4.69) is 118 Å². The highest BCUT2D eigenvalue weighted by atomic mass is 16.6. The molecular weight excluding hydrogens is 889 g/mol. The van der Waals surface area contributed by atoms with E-state index in [1.807, 2.05) is 0 Å². The average Bonchev–Trinajstić information content (AvgIpc) is 3.38. The fourth-order valence-corrected chi connectivity index (χ4v) is 8.37. The van der Waals surface area contributed by atoms with Crippen LogP contribution in [0.1, 0.15) is 284 Å². The fraction of sp³-hybridized carbons (Fsp3) is 0.712. The van der Waals surface area contributed by atoms with Crippen LogP contribution in [-0.4, -0.2) is 37.2 Å². The summed E-state index contributed by atoms with van der Waals surface area (Å²) in [5.74, 6) is -0.917. The van der Waals surface area contributed by atoms with Crippen LogP contribution in [0.2, 0.25) is 0 Å². The Balaban J connectivity index is 4.42. The monoisotopic (exact) mass is 1000 g/mol. The van der Waals surface area contributed by atoms with Crippen LogP contribution >= 0.6 is 0 Å². The minimum Gasteiger partial charge on any atom is -0.462 e. The smallest absolute Gasteiger partial charge is 0.306 e. The van der Waals surface area contributed by atoms with Crippen LogP contribution in [0.3, 0.4) is 0 Å². The molecule has 0 aliphatic rings. The second-order valence-electron chi connectivity index (χ2n) is 19.9. The molecule has 0 saturated carbocycles. The first-order valence-electron chi connectivity index (χ1n) is 30.2. The van der Waals surface area contributed by atoms with Gasteiger partial charge < -0.3 is 14.2 Å². The van der Waals surface area contributed by atoms with Gasteiger partial charge in [-0.15, -0.1) is 0 Å². The van der Waals surface area contributed by atoms with Crippen LogP contribution in [0.15, 0.2) is 97.2 Å². The predicted octanol–water partition coefficient (Wildman–Crippen LogP) is 20.5. The number of carbonyl (C=O) groups excluding carboxylic acids is 3. The quantitative estimate of drug-likeness (QED) is 0.0261. The second kappa shape index (κ2) is 59.9. The summed E-state index contributed by atoms with van der Waals surface area (Å²) < 4.78 is 16.9. The number of carbonyl (C=O) groups is 3. The lowest BCUT2D eigenvalue weighted by Gasteiger charge is -2.18. The normalized spacial score (nSPS) is 12.8. The van der Waals surface area contributed by atoms with Gasteiger partial charge in [-0.2, -0.15) is 0 Å². The molecule has 0 aromatic heterocycles. The maximum absolute atomic E-state index is 12.9. The van der Waals surface area contributed by atoms with E-state index >= 15 is 0 Å². The molecule has 0 aromatic carbocycles. The number of hydrogen-bond acceptors (Lipinski definition) is 6. The van der Waals surface area contributed by atoms with Crippen LogP contribution < -0.4 is 0 Å². The van der Waals surface area contributed by atoms with Crippen LogP contribution in [0.25, 0.3) is 0 Å². The summed E-state index contributed by atoms with van der Waals surface area (Å²) in [5.41, 5.74) is 0. The molecule has 0 aromatic rings. The number of rotatable bonds is 54. The number of unbranched alkanes of at least 4 members (excludes halogenated alkanes) is 27. The van der Waals surface area contributed by atoms with Crippen LogP contribution in [0, 0.1) is 0 Å². The Morgan fingerprint density at radius 1 is 0.292 bits per heavy atom. The summed E-state index contributed by atoms with van der Waals surface area (Å²) in [6.45, 7) is 6.41. The van der Waals surface area contributed by atoms with Gasteiger partial charge in [0.25, 0.3) is 0 Å². The molecule has 6 heteroatoms. The van der Waals surface area contributed by atoms with E-state index in [0.717, 1.165) is 148 Å². The predicted molar refractivity (Wildman–Crippen MR) is 311 cm³/mol. The molecule has 0 amide bonds. The molecular formula is C66H112O6. The summed E-state index contributed by atoms with van der Waals surface area (Å²) in [6.07, 6.45) is 79.7. The van der Waals surface area contributed by atoms with E-state index < -0.39 is 6.10 Å². The van der Waals surface area contributed by atoms with Gasteiger partial charge in [-0.3, -0.25) is 14.4 Å². The molecule has 0 heterocycles. The molecule has 0 aliphatic heterocycles. The SMILES string of the molecule is CC/C=C\C/C=C\C/C=C\C/C=C\C/C=C\CCCCCCCC(=O)OCC(COC(=O)CCCCCCC/C=C\C/C=C\C/C=C\CC)OC(=O)CCCCCCCCCCCCCCCCCCCC. The van der Waals surface area contributed by atoms with E-state index in [1.54, 1.807) is 0 Å². The molecule has 0 rings (SSSR count). The highest BCUT2D eigenvalue weighted by Gasteiger charge is 2.19. The molecule has 0 radical (unpaired) electrons. The third-order valence-corrected chi connectivity index (χ3v) is 12.8. The average molecular weight is 1000 g/mol. The van der Waals surface area contributed by atoms with Gasteiger partial charge in [0.2, 0.25) is 0 Å². The van der Waals surface area contributed by atoms with Crippen molar-refractivity contribution in [3.05, 3.63) is 97.2 Å². The first kappa shape index (κ1) is 68.3. The van der Waals surface area contributed by atoms with Crippen molar-refractivity contribution in [1.82, 2.24) is 0 Å². The highest BCUT2D eigenvalue weighted by Crippen LogP contribution is 2.16. The van der Waals surface area contributed by atoms with E-state index in [-0.39, 0.29) is 31.1 Å². The molecule has 0 aliphatic carbocycles. The lowest BCUT2D eigenvalue weighted by Crippen LogP contribution is -2.30. The van der Waals surface area contributed by atoms with Crippen molar-refractivity contribution in [2.45, 2.75) is 290 Å². The Hall–Kier alpha value is -3.67. The lowest BCUT2D eigenvalue weighted by molar-refractivity contribution is -0.167. The molecule has 1 atom stereocenters. The van der Waals surface area contributed by atoms with Gasteiger partial charge in [-0.1, -0.05) is 266 Å². The summed E-state index contributed by atoms with van der Waals surface area (Å²) in [4.78, 5) is 38.3. The molecule has 0 bridgehead atoms. The largest absolute Gasteiger partial charge is 0.462 e. The first-order chi connectivity index (χ1) is 35.5. The number of esters is 3. The van der Waals surface area contributed by atoms with Crippen molar-refractivity contribution in [3.63, 3.8) is 0 Å². The van der Waals surface area contributed by atoms with Crippen molar-refractivity contribution in [1.29, 1.82) is 0 Å². The zero-order valence-corrected chi connectivity index (χ0v) is 47.2. The fourth-order valence-electron chi connectivity index (χ4n) is 8.37. The molecule has 1 unspecified atom stereocenters.